The fourth-order valence-corrected chi connectivity index (χ4v) is 4.83. The average Bonchev–Trinajstić information content (AvgIpc) is 2.95. The van der Waals surface area contributed by atoms with Gasteiger partial charge in [0.1, 0.15) is 5.60 Å². The van der Waals surface area contributed by atoms with Crippen molar-refractivity contribution in [2.75, 3.05) is 33.4 Å². The second kappa shape index (κ2) is 21.0. The Morgan fingerprint density at radius 2 is 1.67 bits per heavy atom. The van der Waals surface area contributed by atoms with Crippen LogP contribution in [0.5, 0.6) is 5.75 Å². The topological polar surface area (TPSA) is 148 Å². The van der Waals surface area contributed by atoms with Crippen LogP contribution in [0.2, 0.25) is 0 Å². The molecule has 0 aliphatic rings. The van der Waals surface area contributed by atoms with Gasteiger partial charge < -0.3 is 35.3 Å². The van der Waals surface area contributed by atoms with E-state index in [1.54, 1.807) is 46.2 Å². The first kappa shape index (κ1) is 40.1. The van der Waals surface area contributed by atoms with E-state index in [1.807, 2.05) is 27.7 Å². The molecule has 0 saturated heterocycles. The first-order chi connectivity index (χ1) is 21.2. The standard InChI is InChI=1S/C34H60N4O7/c1-10-11-16-36-31(40)26(24(4)5)21-28(39)27(38-33(42)45-34(6,7)8)20-25(23(2)3)22-37-32(41)30-29(15-14-17-35-30)44-19-13-12-18-43-9/h14-15,17,23-28,39H,10-13,16,18-22H2,1-9H3,(H,36,40)(H,37,41)(H,38,42)/t25-,26+,27+,28+/m1/s1. The molecule has 11 heteroatoms. The minimum absolute atomic E-state index is 0.0154. The fraction of sp³-hybridized carbons (Fsp3) is 0.765. The molecule has 4 atom stereocenters. The summed E-state index contributed by atoms with van der Waals surface area (Å²) in [6, 6.07) is 2.73. The van der Waals surface area contributed by atoms with Crippen molar-refractivity contribution in [2.24, 2.45) is 23.7 Å². The maximum absolute atomic E-state index is 13.2. The molecule has 0 aliphatic carbocycles. The summed E-state index contributed by atoms with van der Waals surface area (Å²) in [5.74, 6) is -0.541. The highest BCUT2D eigenvalue weighted by Gasteiger charge is 2.33. The molecule has 11 nitrogen and oxygen atoms in total. The monoisotopic (exact) mass is 636 g/mol. The van der Waals surface area contributed by atoms with Gasteiger partial charge in [0, 0.05) is 38.9 Å². The fourth-order valence-electron chi connectivity index (χ4n) is 4.83. The lowest BCUT2D eigenvalue weighted by atomic mass is 9.82. The molecule has 1 rings (SSSR count). The van der Waals surface area contributed by atoms with Crippen molar-refractivity contribution in [1.82, 2.24) is 20.9 Å². The lowest BCUT2D eigenvalue weighted by Crippen LogP contribution is -2.49. The Bertz CT molecular complexity index is 1010. The summed E-state index contributed by atoms with van der Waals surface area (Å²) >= 11 is 0. The highest BCUT2D eigenvalue weighted by atomic mass is 16.6. The van der Waals surface area contributed by atoms with Gasteiger partial charge in [-0.15, -0.1) is 0 Å². The van der Waals surface area contributed by atoms with E-state index in [1.165, 1.54) is 0 Å². The van der Waals surface area contributed by atoms with Crippen molar-refractivity contribution in [2.45, 2.75) is 112 Å². The van der Waals surface area contributed by atoms with Gasteiger partial charge in [-0.3, -0.25) is 9.59 Å². The summed E-state index contributed by atoms with van der Waals surface area (Å²) in [5.41, 5.74) is -0.527. The summed E-state index contributed by atoms with van der Waals surface area (Å²) in [4.78, 5) is 43.4. The van der Waals surface area contributed by atoms with Crippen LogP contribution >= 0.6 is 0 Å². The van der Waals surface area contributed by atoms with Gasteiger partial charge >= 0.3 is 6.09 Å². The number of rotatable bonds is 21. The molecular weight excluding hydrogens is 576 g/mol. The molecule has 45 heavy (non-hydrogen) atoms. The minimum atomic E-state index is -1.02. The van der Waals surface area contributed by atoms with E-state index in [0.29, 0.717) is 31.9 Å². The van der Waals surface area contributed by atoms with Crippen LogP contribution < -0.4 is 20.7 Å². The highest BCUT2D eigenvalue weighted by Crippen LogP contribution is 2.25. The number of aromatic nitrogens is 1. The Morgan fingerprint density at radius 1 is 0.978 bits per heavy atom. The van der Waals surface area contributed by atoms with Crippen LogP contribution in [-0.4, -0.2) is 79.2 Å². The molecule has 1 aromatic heterocycles. The number of alkyl carbamates (subject to hydrolysis) is 1. The second-order valence-electron chi connectivity index (χ2n) is 13.4. The second-order valence-corrected chi connectivity index (χ2v) is 13.4. The van der Waals surface area contributed by atoms with E-state index in [2.05, 4.69) is 27.9 Å². The van der Waals surface area contributed by atoms with Crippen molar-refractivity contribution in [3.05, 3.63) is 24.0 Å². The summed E-state index contributed by atoms with van der Waals surface area (Å²) in [6.45, 7) is 17.3. The largest absolute Gasteiger partial charge is 0.491 e. The molecule has 0 saturated carbocycles. The maximum Gasteiger partial charge on any atom is 0.407 e. The number of nitrogens with zero attached hydrogens (tertiary/aromatic N) is 1. The van der Waals surface area contributed by atoms with E-state index in [0.717, 1.165) is 25.7 Å². The third kappa shape index (κ3) is 16.3. The van der Waals surface area contributed by atoms with Gasteiger partial charge in [0.2, 0.25) is 5.91 Å². The Labute approximate surface area is 271 Å². The zero-order chi connectivity index (χ0) is 34.0. The van der Waals surface area contributed by atoms with Gasteiger partial charge in [-0.25, -0.2) is 9.78 Å². The summed E-state index contributed by atoms with van der Waals surface area (Å²) in [6.07, 6.45) is 3.88. The summed E-state index contributed by atoms with van der Waals surface area (Å²) in [5, 5.41) is 20.3. The number of methoxy groups -OCH3 is 1. The van der Waals surface area contributed by atoms with Crippen LogP contribution in [-0.2, 0) is 14.3 Å². The molecule has 258 valence electrons. The maximum atomic E-state index is 13.2. The van der Waals surface area contributed by atoms with E-state index in [4.69, 9.17) is 14.2 Å². The quantitative estimate of drug-likeness (QED) is 0.136. The Morgan fingerprint density at radius 3 is 2.27 bits per heavy atom. The molecule has 0 aliphatic heterocycles. The molecule has 0 fully saturated rings. The highest BCUT2D eigenvalue weighted by molar-refractivity contribution is 5.94. The molecule has 0 spiro atoms. The normalized spacial score (nSPS) is 14.4. The van der Waals surface area contributed by atoms with Crippen molar-refractivity contribution in [3.8, 4) is 5.75 Å². The number of nitrogens with one attached hydrogen (secondary N) is 3. The first-order valence-corrected chi connectivity index (χ1v) is 16.5. The predicted octanol–water partition coefficient (Wildman–Crippen LogP) is 5.11. The molecule has 0 bridgehead atoms. The van der Waals surface area contributed by atoms with Gasteiger partial charge in [0.25, 0.3) is 5.91 Å². The van der Waals surface area contributed by atoms with Crippen LogP contribution in [0, 0.1) is 23.7 Å². The molecule has 3 amide bonds. The predicted molar refractivity (Wildman–Crippen MR) is 176 cm³/mol. The number of aliphatic hydroxyl groups is 1. The van der Waals surface area contributed by atoms with Gasteiger partial charge in [-0.2, -0.15) is 0 Å². The number of amides is 3. The van der Waals surface area contributed by atoms with Crippen molar-refractivity contribution in [3.63, 3.8) is 0 Å². The average molecular weight is 637 g/mol. The smallest absolute Gasteiger partial charge is 0.407 e. The van der Waals surface area contributed by atoms with Crippen molar-refractivity contribution in [1.29, 1.82) is 0 Å². The third-order valence-corrected chi connectivity index (χ3v) is 7.64. The number of carbonyl (C=O) groups excluding carboxylic acids is 3. The Balaban J connectivity index is 3.07. The van der Waals surface area contributed by atoms with Gasteiger partial charge in [-0.1, -0.05) is 41.0 Å². The van der Waals surface area contributed by atoms with Crippen molar-refractivity contribution >= 4 is 17.9 Å². The molecule has 1 heterocycles. The van der Waals surface area contributed by atoms with E-state index in [9.17, 15) is 19.5 Å². The zero-order valence-corrected chi connectivity index (χ0v) is 29.1. The van der Waals surface area contributed by atoms with E-state index in [-0.39, 0.29) is 48.2 Å². The number of hydrogen-bond donors (Lipinski definition) is 4. The zero-order valence-electron chi connectivity index (χ0n) is 29.1. The molecule has 0 aromatic carbocycles. The van der Waals surface area contributed by atoms with Crippen LogP contribution in [0.25, 0.3) is 0 Å². The summed E-state index contributed by atoms with van der Waals surface area (Å²) < 4.78 is 16.4. The third-order valence-electron chi connectivity index (χ3n) is 7.64. The first-order valence-electron chi connectivity index (χ1n) is 16.5. The molecular formula is C34H60N4O7. The summed E-state index contributed by atoms with van der Waals surface area (Å²) in [7, 11) is 1.65. The van der Waals surface area contributed by atoms with E-state index < -0.39 is 29.8 Å². The number of ether oxygens (including phenoxy) is 3. The van der Waals surface area contributed by atoms with Crippen LogP contribution in [0.3, 0.4) is 0 Å². The number of aliphatic hydroxyl groups excluding tert-OH is 1. The number of unbranched alkanes of at least 4 members (excludes halogenated alkanes) is 2. The lowest BCUT2D eigenvalue weighted by molar-refractivity contribution is -0.127. The number of hydrogen-bond acceptors (Lipinski definition) is 8. The van der Waals surface area contributed by atoms with Crippen molar-refractivity contribution < 1.29 is 33.7 Å². The molecule has 4 N–H and O–H groups in total. The Kier molecular flexibility index (Phi) is 18.7. The van der Waals surface area contributed by atoms with Gasteiger partial charge in [0.05, 0.1) is 18.8 Å². The van der Waals surface area contributed by atoms with Crippen LogP contribution in [0.1, 0.15) is 104 Å². The minimum Gasteiger partial charge on any atom is -0.491 e. The molecule has 0 radical (unpaired) electrons. The van der Waals surface area contributed by atoms with Crippen LogP contribution in [0.4, 0.5) is 4.79 Å². The van der Waals surface area contributed by atoms with Crippen LogP contribution in [0.15, 0.2) is 18.3 Å². The number of pyridine rings is 1. The SMILES string of the molecule is CCCCNC(=O)[C@@H](C[C@H](O)[C@H](C[C@H](CNC(=O)c1ncccc1OCCCCOC)C(C)C)NC(=O)OC(C)(C)C)C(C)C. The number of carbonyl (C=O) groups is 3. The molecule has 1 aromatic rings. The lowest BCUT2D eigenvalue weighted by Gasteiger charge is -2.33. The Hall–Kier alpha value is -2.92. The van der Waals surface area contributed by atoms with Gasteiger partial charge in [0.15, 0.2) is 11.4 Å². The molecule has 0 unspecified atom stereocenters. The van der Waals surface area contributed by atoms with E-state index >= 15 is 0 Å². The van der Waals surface area contributed by atoms with Gasteiger partial charge in [-0.05, 0) is 82.8 Å².